The number of hydrogen-bond donors (Lipinski definition) is 1. The summed E-state index contributed by atoms with van der Waals surface area (Å²) in [6.45, 7) is 8.87. The topological polar surface area (TPSA) is 70.1 Å². The maximum atomic E-state index is 12.9. The van der Waals surface area contributed by atoms with Gasteiger partial charge in [0, 0.05) is 45.1 Å². The quantitative estimate of drug-likeness (QED) is 0.759. The summed E-state index contributed by atoms with van der Waals surface area (Å²) < 4.78 is 5.47. The molecule has 1 aromatic rings. The van der Waals surface area contributed by atoms with Crippen LogP contribution < -0.4 is 0 Å². The summed E-state index contributed by atoms with van der Waals surface area (Å²) >= 11 is 0. The molecular formula is C23H34N2O4. The Hall–Kier alpha value is -1.92. The highest BCUT2D eigenvalue weighted by Crippen LogP contribution is 2.27. The van der Waals surface area contributed by atoms with Gasteiger partial charge in [-0.2, -0.15) is 0 Å². The molecule has 0 radical (unpaired) electrons. The second-order valence-corrected chi connectivity index (χ2v) is 8.53. The van der Waals surface area contributed by atoms with Crippen LogP contribution in [0, 0.1) is 19.8 Å². The number of piperidine rings is 1. The van der Waals surface area contributed by atoms with E-state index in [9.17, 15) is 9.59 Å². The number of carbonyl (C=O) groups is 2. The van der Waals surface area contributed by atoms with Gasteiger partial charge in [-0.3, -0.25) is 14.5 Å². The van der Waals surface area contributed by atoms with Crippen molar-refractivity contribution in [1.82, 2.24) is 9.80 Å². The number of likely N-dealkylation sites (tertiary alicyclic amines) is 1. The third-order valence-electron chi connectivity index (χ3n) is 6.20. The van der Waals surface area contributed by atoms with Crippen LogP contribution in [0.5, 0.6) is 0 Å². The van der Waals surface area contributed by atoms with Crippen molar-refractivity contribution in [3.63, 3.8) is 0 Å². The average Bonchev–Trinajstić information content (AvgIpc) is 2.70. The monoisotopic (exact) mass is 402 g/mol. The minimum absolute atomic E-state index is 0.163. The van der Waals surface area contributed by atoms with Gasteiger partial charge in [0.15, 0.2) is 0 Å². The molecule has 29 heavy (non-hydrogen) atoms. The minimum atomic E-state index is -0.760. The van der Waals surface area contributed by atoms with E-state index in [0.29, 0.717) is 25.4 Å². The van der Waals surface area contributed by atoms with E-state index >= 15 is 0 Å². The molecular weight excluding hydrogens is 368 g/mol. The van der Waals surface area contributed by atoms with Gasteiger partial charge in [-0.25, -0.2) is 0 Å². The molecule has 0 unspecified atom stereocenters. The number of carboxylic acids is 1. The van der Waals surface area contributed by atoms with E-state index in [1.807, 2.05) is 4.90 Å². The molecule has 0 aliphatic carbocycles. The van der Waals surface area contributed by atoms with E-state index in [4.69, 9.17) is 9.84 Å². The summed E-state index contributed by atoms with van der Waals surface area (Å²) in [6.07, 6.45) is 2.97. The lowest BCUT2D eigenvalue weighted by molar-refractivity contribution is -0.138. The highest BCUT2D eigenvalue weighted by Gasteiger charge is 2.35. The van der Waals surface area contributed by atoms with Crippen LogP contribution in [0.1, 0.15) is 42.4 Å². The van der Waals surface area contributed by atoms with Crippen LogP contribution >= 0.6 is 0 Å². The third kappa shape index (κ3) is 6.28. The molecule has 0 bridgehead atoms. The number of carboxylic acid groups (broad SMARTS) is 1. The molecule has 2 heterocycles. The van der Waals surface area contributed by atoms with Crippen molar-refractivity contribution in [3.8, 4) is 0 Å². The van der Waals surface area contributed by atoms with Gasteiger partial charge in [-0.05, 0) is 44.6 Å². The first-order valence-corrected chi connectivity index (χ1v) is 10.8. The van der Waals surface area contributed by atoms with Crippen LogP contribution in [0.25, 0.3) is 0 Å². The maximum Gasteiger partial charge on any atom is 0.303 e. The lowest BCUT2D eigenvalue weighted by Gasteiger charge is -2.45. The first-order chi connectivity index (χ1) is 13.9. The van der Waals surface area contributed by atoms with Crippen LogP contribution in [0.4, 0.5) is 0 Å². The van der Waals surface area contributed by atoms with Crippen molar-refractivity contribution < 1.29 is 19.4 Å². The van der Waals surface area contributed by atoms with Gasteiger partial charge in [0.05, 0.1) is 13.2 Å². The zero-order chi connectivity index (χ0) is 20.8. The Morgan fingerprint density at radius 3 is 2.41 bits per heavy atom. The number of nitrogens with zero attached hydrogens (tertiary/aromatic N) is 2. The van der Waals surface area contributed by atoms with E-state index in [-0.39, 0.29) is 18.2 Å². The summed E-state index contributed by atoms with van der Waals surface area (Å²) in [7, 11) is 0. The minimum Gasteiger partial charge on any atom is -0.481 e. The average molecular weight is 403 g/mol. The predicted octanol–water partition coefficient (Wildman–Crippen LogP) is 2.65. The van der Waals surface area contributed by atoms with Crippen LogP contribution in [0.3, 0.4) is 0 Å². The fourth-order valence-corrected chi connectivity index (χ4v) is 4.85. The number of hydrogen-bond acceptors (Lipinski definition) is 4. The number of benzene rings is 1. The van der Waals surface area contributed by atoms with Crippen LogP contribution in [-0.4, -0.2) is 72.2 Å². The largest absolute Gasteiger partial charge is 0.481 e. The molecule has 0 saturated carbocycles. The van der Waals surface area contributed by atoms with Crippen molar-refractivity contribution in [3.05, 3.63) is 34.9 Å². The molecule has 2 saturated heterocycles. The van der Waals surface area contributed by atoms with E-state index in [1.54, 1.807) is 0 Å². The Bertz CT molecular complexity index is 695. The van der Waals surface area contributed by atoms with E-state index in [1.165, 1.54) is 16.7 Å². The van der Waals surface area contributed by atoms with Crippen molar-refractivity contribution in [2.24, 2.45) is 5.92 Å². The SMILES string of the molecule is Cc1cc(C)cc(CCC(=O)N2CC[C@H](N3CCOCC3)[C@H](CCC(=O)O)C2)c1. The number of rotatable bonds is 7. The Balaban J connectivity index is 1.59. The van der Waals surface area contributed by atoms with Gasteiger partial charge in [0.1, 0.15) is 0 Å². The van der Waals surface area contributed by atoms with Gasteiger partial charge in [-0.1, -0.05) is 29.3 Å². The zero-order valence-corrected chi connectivity index (χ0v) is 17.7. The normalized spacial score (nSPS) is 23.2. The summed E-state index contributed by atoms with van der Waals surface area (Å²) in [4.78, 5) is 28.4. The molecule has 160 valence electrons. The number of morpholine rings is 1. The Labute approximate surface area is 173 Å². The molecule has 1 amide bonds. The van der Waals surface area contributed by atoms with Gasteiger partial charge in [0.2, 0.25) is 5.91 Å². The first kappa shape index (κ1) is 21.8. The zero-order valence-electron chi connectivity index (χ0n) is 17.7. The Kier molecular flexibility index (Phi) is 7.67. The van der Waals surface area contributed by atoms with Gasteiger partial charge < -0.3 is 14.7 Å². The van der Waals surface area contributed by atoms with Crippen molar-refractivity contribution in [2.75, 3.05) is 39.4 Å². The molecule has 6 nitrogen and oxygen atoms in total. The standard InChI is InChI=1S/C23H34N2O4/c1-17-13-18(2)15-19(14-17)3-5-22(26)25-8-7-21(24-9-11-29-12-10-24)20(16-25)4-6-23(27)28/h13-15,20-21H,3-12,16H2,1-2H3,(H,27,28)/t20-,21+/m1/s1. The maximum absolute atomic E-state index is 12.9. The molecule has 0 spiro atoms. The molecule has 0 aromatic heterocycles. The second-order valence-electron chi connectivity index (χ2n) is 8.53. The van der Waals surface area contributed by atoms with E-state index in [2.05, 4.69) is 36.9 Å². The molecule has 2 fully saturated rings. The number of aryl methyl sites for hydroxylation is 3. The smallest absolute Gasteiger partial charge is 0.303 e. The van der Waals surface area contributed by atoms with Crippen LogP contribution in [0.2, 0.25) is 0 Å². The fourth-order valence-electron chi connectivity index (χ4n) is 4.85. The Morgan fingerprint density at radius 2 is 1.76 bits per heavy atom. The summed E-state index contributed by atoms with van der Waals surface area (Å²) in [5, 5.41) is 9.16. The van der Waals surface area contributed by atoms with Gasteiger partial charge in [0.25, 0.3) is 0 Å². The Morgan fingerprint density at radius 1 is 1.07 bits per heavy atom. The molecule has 1 aromatic carbocycles. The molecule has 2 aliphatic rings. The first-order valence-electron chi connectivity index (χ1n) is 10.8. The van der Waals surface area contributed by atoms with Crippen LogP contribution in [0.15, 0.2) is 18.2 Å². The lowest BCUT2D eigenvalue weighted by Crippen LogP contribution is -2.55. The second kappa shape index (κ2) is 10.2. The summed E-state index contributed by atoms with van der Waals surface area (Å²) in [5.74, 6) is -0.364. The molecule has 2 aliphatic heterocycles. The fraction of sp³-hybridized carbons (Fsp3) is 0.652. The highest BCUT2D eigenvalue weighted by molar-refractivity contribution is 5.76. The molecule has 2 atom stereocenters. The third-order valence-corrected chi connectivity index (χ3v) is 6.20. The summed E-state index contributed by atoms with van der Waals surface area (Å²) in [5.41, 5.74) is 3.67. The van der Waals surface area contributed by atoms with Gasteiger partial charge in [-0.15, -0.1) is 0 Å². The van der Waals surface area contributed by atoms with E-state index in [0.717, 1.165) is 45.7 Å². The number of amides is 1. The number of aliphatic carboxylic acids is 1. The highest BCUT2D eigenvalue weighted by atomic mass is 16.5. The van der Waals surface area contributed by atoms with Crippen LogP contribution in [-0.2, 0) is 20.7 Å². The summed E-state index contributed by atoms with van der Waals surface area (Å²) in [6, 6.07) is 6.80. The van der Waals surface area contributed by atoms with Crippen molar-refractivity contribution >= 4 is 11.9 Å². The predicted molar refractivity (Wildman–Crippen MR) is 112 cm³/mol. The number of ether oxygens (including phenoxy) is 1. The molecule has 1 N–H and O–H groups in total. The van der Waals surface area contributed by atoms with Gasteiger partial charge >= 0.3 is 5.97 Å². The molecule has 3 rings (SSSR count). The molecule has 6 heteroatoms. The van der Waals surface area contributed by atoms with Crippen molar-refractivity contribution in [2.45, 2.75) is 52.0 Å². The number of carbonyl (C=O) groups excluding carboxylic acids is 1. The van der Waals surface area contributed by atoms with E-state index < -0.39 is 5.97 Å². The lowest BCUT2D eigenvalue weighted by atomic mass is 9.86. The van der Waals surface area contributed by atoms with Crippen molar-refractivity contribution in [1.29, 1.82) is 0 Å².